The van der Waals surface area contributed by atoms with Gasteiger partial charge in [0.25, 0.3) is 5.95 Å². The molecule has 1 heterocycles. The van der Waals surface area contributed by atoms with Crippen molar-refractivity contribution in [1.29, 1.82) is 0 Å². The number of nitrogens with two attached hydrogens (primary N) is 2. The second kappa shape index (κ2) is 6.70. The molecule has 1 aromatic carbocycles. The molecule has 8 nitrogen and oxygen atoms in total. The van der Waals surface area contributed by atoms with Crippen molar-refractivity contribution in [3.8, 4) is 0 Å². The Balaban J connectivity index is 1.97. The van der Waals surface area contributed by atoms with E-state index < -0.39 is 5.91 Å². The lowest BCUT2D eigenvalue weighted by atomic mass is 10.2. The minimum absolute atomic E-state index is 0.0498. The van der Waals surface area contributed by atoms with Crippen LogP contribution in [0.3, 0.4) is 0 Å². The molecular weight excluding hydrogens is 297 g/mol. The molecular formula is C11H12FN7OS. The average Bonchev–Trinajstić information content (AvgIpc) is 2.80. The molecule has 0 bridgehead atoms. The molecule has 2 aromatic rings. The van der Waals surface area contributed by atoms with Crippen LogP contribution in [0.15, 0.2) is 34.5 Å². The maximum Gasteiger partial charge on any atom is 0.264 e. The number of carbonyl (C=O) groups is 1. The van der Waals surface area contributed by atoms with Crippen molar-refractivity contribution in [3.63, 3.8) is 0 Å². The summed E-state index contributed by atoms with van der Waals surface area (Å²) in [5.74, 6) is 5.17. The summed E-state index contributed by atoms with van der Waals surface area (Å²) in [4.78, 5) is 10.7. The van der Waals surface area contributed by atoms with Crippen LogP contribution in [0.4, 0.5) is 10.3 Å². The van der Waals surface area contributed by atoms with Crippen molar-refractivity contribution < 1.29 is 9.18 Å². The van der Waals surface area contributed by atoms with Gasteiger partial charge >= 0.3 is 0 Å². The summed E-state index contributed by atoms with van der Waals surface area (Å²) in [5.41, 5.74) is 8.33. The summed E-state index contributed by atoms with van der Waals surface area (Å²) in [6, 6.07) is 5.79. The average molecular weight is 309 g/mol. The minimum Gasteiger partial charge on any atom is -0.369 e. The highest BCUT2D eigenvalue weighted by Gasteiger charge is 2.10. The highest BCUT2D eigenvalue weighted by Crippen LogP contribution is 2.15. The number of rotatable bonds is 6. The Labute approximate surface area is 123 Å². The SMILES string of the molecule is NC(=O)CSc1nnc(N/N=C/c2ccc(F)cc2)n1N. The molecule has 21 heavy (non-hydrogen) atoms. The second-order valence-electron chi connectivity index (χ2n) is 3.85. The van der Waals surface area contributed by atoms with E-state index in [0.29, 0.717) is 10.7 Å². The monoisotopic (exact) mass is 309 g/mol. The van der Waals surface area contributed by atoms with Crippen molar-refractivity contribution >= 4 is 29.8 Å². The van der Waals surface area contributed by atoms with E-state index in [0.717, 1.165) is 16.4 Å². The lowest BCUT2D eigenvalue weighted by Gasteiger charge is -2.01. The second-order valence-corrected chi connectivity index (χ2v) is 4.80. The third-order valence-electron chi connectivity index (χ3n) is 2.26. The number of amides is 1. The quantitative estimate of drug-likeness (QED) is 0.302. The van der Waals surface area contributed by atoms with Crippen molar-refractivity contribution in [3.05, 3.63) is 35.6 Å². The molecule has 1 amide bonds. The van der Waals surface area contributed by atoms with E-state index in [1.165, 1.54) is 18.3 Å². The molecule has 0 unspecified atom stereocenters. The Morgan fingerprint density at radius 2 is 2.14 bits per heavy atom. The first-order chi connectivity index (χ1) is 10.1. The summed E-state index contributed by atoms with van der Waals surface area (Å²) in [5, 5.41) is 11.8. The summed E-state index contributed by atoms with van der Waals surface area (Å²) in [6.45, 7) is 0. The van der Waals surface area contributed by atoms with Gasteiger partial charge in [0.05, 0.1) is 12.0 Å². The molecule has 0 saturated heterocycles. The van der Waals surface area contributed by atoms with Crippen LogP contribution in [0, 0.1) is 5.82 Å². The van der Waals surface area contributed by atoms with Gasteiger partial charge in [-0.2, -0.15) is 5.10 Å². The lowest BCUT2D eigenvalue weighted by molar-refractivity contribution is -0.115. The lowest BCUT2D eigenvalue weighted by Crippen LogP contribution is -2.16. The molecule has 0 spiro atoms. The maximum absolute atomic E-state index is 12.7. The summed E-state index contributed by atoms with van der Waals surface area (Å²) >= 11 is 1.06. The number of benzene rings is 1. The van der Waals surface area contributed by atoms with E-state index in [1.54, 1.807) is 12.1 Å². The highest BCUT2D eigenvalue weighted by molar-refractivity contribution is 7.99. The Morgan fingerprint density at radius 3 is 2.81 bits per heavy atom. The standard InChI is InChI=1S/C11H12FN7OS/c12-8-3-1-7(2-4-8)5-15-16-10-17-18-11(19(10)14)21-6-9(13)20/h1-5H,6,14H2,(H2,13,20)(H,16,17)/b15-5+. The molecule has 5 N–H and O–H groups in total. The van der Waals surface area contributed by atoms with Crippen LogP contribution in [0.25, 0.3) is 0 Å². The van der Waals surface area contributed by atoms with Gasteiger partial charge in [-0.3, -0.25) is 4.79 Å². The molecule has 2 rings (SSSR count). The summed E-state index contributed by atoms with van der Waals surface area (Å²) in [6.07, 6.45) is 1.48. The fourth-order valence-corrected chi connectivity index (χ4v) is 1.90. The van der Waals surface area contributed by atoms with Crippen molar-refractivity contribution in [2.45, 2.75) is 5.16 Å². The molecule has 0 aliphatic carbocycles. The number of nitrogen functional groups attached to an aromatic ring is 1. The number of nitrogens with one attached hydrogen (secondary N) is 1. The first-order valence-corrected chi connectivity index (χ1v) is 6.71. The number of hydrogen-bond acceptors (Lipinski definition) is 7. The van der Waals surface area contributed by atoms with Gasteiger partial charge < -0.3 is 11.6 Å². The normalized spacial score (nSPS) is 10.9. The number of hydrazone groups is 1. The molecule has 0 aliphatic rings. The molecule has 0 radical (unpaired) electrons. The fourth-order valence-electron chi connectivity index (χ4n) is 1.30. The van der Waals surface area contributed by atoms with Crippen LogP contribution in [-0.2, 0) is 4.79 Å². The van der Waals surface area contributed by atoms with Gasteiger partial charge in [0.2, 0.25) is 11.1 Å². The number of aromatic nitrogens is 3. The third-order valence-corrected chi connectivity index (χ3v) is 3.22. The van der Waals surface area contributed by atoms with Crippen LogP contribution >= 0.6 is 11.8 Å². The van der Waals surface area contributed by atoms with Gasteiger partial charge in [0.1, 0.15) is 5.82 Å². The third kappa shape index (κ3) is 4.18. The molecule has 110 valence electrons. The van der Waals surface area contributed by atoms with Crippen molar-refractivity contribution in [2.24, 2.45) is 10.8 Å². The molecule has 0 atom stereocenters. The van der Waals surface area contributed by atoms with Crippen LogP contribution in [0.1, 0.15) is 5.56 Å². The zero-order chi connectivity index (χ0) is 15.2. The van der Waals surface area contributed by atoms with E-state index in [-0.39, 0.29) is 17.5 Å². The Kier molecular flexibility index (Phi) is 4.72. The fraction of sp³-hybridized carbons (Fsp3) is 0.0909. The Bertz CT molecular complexity index is 655. The van der Waals surface area contributed by atoms with Gasteiger partial charge in [-0.25, -0.2) is 14.5 Å². The molecule has 1 aromatic heterocycles. The number of carbonyl (C=O) groups excluding carboxylic acids is 1. The number of anilines is 1. The van der Waals surface area contributed by atoms with Gasteiger partial charge in [-0.1, -0.05) is 23.9 Å². The van der Waals surface area contributed by atoms with E-state index in [4.69, 9.17) is 11.6 Å². The molecule has 0 fully saturated rings. The largest absolute Gasteiger partial charge is 0.369 e. The number of thioether (sulfide) groups is 1. The first kappa shape index (κ1) is 14.8. The zero-order valence-corrected chi connectivity index (χ0v) is 11.5. The van der Waals surface area contributed by atoms with Crippen LogP contribution in [0.2, 0.25) is 0 Å². The number of nitrogens with zero attached hydrogens (tertiary/aromatic N) is 4. The van der Waals surface area contributed by atoms with E-state index >= 15 is 0 Å². The highest BCUT2D eigenvalue weighted by atomic mass is 32.2. The predicted molar refractivity (Wildman–Crippen MR) is 77.7 cm³/mol. The van der Waals surface area contributed by atoms with Crippen LogP contribution in [-0.4, -0.2) is 32.7 Å². The molecule has 0 aliphatic heterocycles. The van der Waals surface area contributed by atoms with Crippen molar-refractivity contribution in [1.82, 2.24) is 14.9 Å². The number of primary amides is 1. The van der Waals surface area contributed by atoms with E-state index in [2.05, 4.69) is 20.7 Å². The van der Waals surface area contributed by atoms with Crippen molar-refractivity contribution in [2.75, 3.05) is 17.0 Å². The van der Waals surface area contributed by atoms with Gasteiger partial charge in [-0.05, 0) is 17.7 Å². The van der Waals surface area contributed by atoms with Gasteiger partial charge in [-0.15, -0.1) is 10.2 Å². The van der Waals surface area contributed by atoms with Gasteiger partial charge in [0, 0.05) is 0 Å². The molecule has 0 saturated carbocycles. The molecule has 10 heteroatoms. The summed E-state index contributed by atoms with van der Waals surface area (Å²) in [7, 11) is 0. The maximum atomic E-state index is 12.7. The summed E-state index contributed by atoms with van der Waals surface area (Å²) < 4.78 is 13.9. The van der Waals surface area contributed by atoms with Crippen LogP contribution < -0.4 is 17.0 Å². The Morgan fingerprint density at radius 1 is 1.43 bits per heavy atom. The number of halogens is 1. The zero-order valence-electron chi connectivity index (χ0n) is 10.7. The minimum atomic E-state index is -0.480. The van der Waals surface area contributed by atoms with E-state index in [1.807, 2.05) is 0 Å². The topological polar surface area (TPSA) is 124 Å². The predicted octanol–water partition coefficient (Wildman–Crippen LogP) is 0.154. The number of hydrogen-bond donors (Lipinski definition) is 3. The Hall–Kier alpha value is -2.62. The van der Waals surface area contributed by atoms with Crippen LogP contribution in [0.5, 0.6) is 0 Å². The van der Waals surface area contributed by atoms with E-state index in [9.17, 15) is 9.18 Å². The smallest absolute Gasteiger partial charge is 0.264 e. The van der Waals surface area contributed by atoms with Gasteiger partial charge in [0.15, 0.2) is 0 Å². The first-order valence-electron chi connectivity index (χ1n) is 5.72.